The summed E-state index contributed by atoms with van der Waals surface area (Å²) >= 11 is 17.8. The molecule has 2 aromatic rings. The lowest BCUT2D eigenvalue weighted by Crippen LogP contribution is -2.32. The fourth-order valence-electron chi connectivity index (χ4n) is 2.14. The summed E-state index contributed by atoms with van der Waals surface area (Å²) in [5, 5.41) is 3.66. The van der Waals surface area contributed by atoms with Crippen molar-refractivity contribution < 1.29 is 9.59 Å². The van der Waals surface area contributed by atoms with Crippen LogP contribution in [0, 0.1) is 0 Å². The minimum Gasteiger partial charge on any atom is -0.350 e. The number of amides is 2. The molecule has 0 spiro atoms. The molecule has 0 aromatic heterocycles. The van der Waals surface area contributed by atoms with E-state index >= 15 is 0 Å². The van der Waals surface area contributed by atoms with Crippen molar-refractivity contribution >= 4 is 58.0 Å². The molecule has 0 saturated heterocycles. The van der Waals surface area contributed by atoms with Crippen molar-refractivity contribution in [2.75, 3.05) is 10.2 Å². The minimum absolute atomic E-state index is 0.0129. The molecule has 7 heteroatoms. The van der Waals surface area contributed by atoms with E-state index in [2.05, 4.69) is 5.32 Å². The zero-order valence-corrected chi connectivity index (χ0v) is 13.8. The number of benzene rings is 2. The van der Waals surface area contributed by atoms with Crippen molar-refractivity contribution in [2.24, 2.45) is 0 Å². The summed E-state index contributed by atoms with van der Waals surface area (Å²) in [6, 6.07) is 13.1. The summed E-state index contributed by atoms with van der Waals surface area (Å²) in [6.45, 7) is 0. The highest BCUT2D eigenvalue weighted by Crippen LogP contribution is 2.31. The first-order valence-corrected chi connectivity index (χ1v) is 7.67. The lowest BCUT2D eigenvalue weighted by Gasteiger charge is -2.15. The molecular formula is C16H9Cl3N2O2. The van der Waals surface area contributed by atoms with Crippen LogP contribution >= 0.6 is 34.8 Å². The highest BCUT2D eigenvalue weighted by molar-refractivity contribution is 6.53. The minimum atomic E-state index is -0.601. The lowest BCUT2D eigenvalue weighted by molar-refractivity contribution is -0.120. The van der Waals surface area contributed by atoms with Crippen molar-refractivity contribution in [1.29, 1.82) is 0 Å². The van der Waals surface area contributed by atoms with Gasteiger partial charge in [0, 0.05) is 15.7 Å². The Hall–Kier alpha value is -2.01. The lowest BCUT2D eigenvalue weighted by atomic mass is 10.3. The Bertz CT molecular complexity index is 831. The maximum absolute atomic E-state index is 12.5. The van der Waals surface area contributed by atoms with Gasteiger partial charge in [0.05, 0.1) is 5.69 Å². The first-order valence-electron chi connectivity index (χ1n) is 6.54. The van der Waals surface area contributed by atoms with E-state index in [-0.39, 0.29) is 10.7 Å². The molecule has 116 valence electrons. The van der Waals surface area contributed by atoms with Crippen molar-refractivity contribution in [2.45, 2.75) is 0 Å². The highest BCUT2D eigenvalue weighted by atomic mass is 35.5. The molecule has 0 unspecified atom stereocenters. The second kappa shape index (κ2) is 6.24. The molecule has 0 fully saturated rings. The number of carbonyl (C=O) groups is 2. The average Bonchev–Trinajstić information content (AvgIpc) is 2.73. The summed E-state index contributed by atoms with van der Waals surface area (Å²) in [6.07, 6.45) is 0. The molecule has 4 nitrogen and oxygen atoms in total. The molecule has 0 atom stereocenters. The van der Waals surface area contributed by atoms with Crippen molar-refractivity contribution in [3.05, 3.63) is 69.3 Å². The van der Waals surface area contributed by atoms with Gasteiger partial charge in [-0.3, -0.25) is 9.59 Å². The predicted octanol–water partition coefficient (Wildman–Crippen LogP) is 4.43. The zero-order chi connectivity index (χ0) is 16.6. The Balaban J connectivity index is 1.91. The third-order valence-electron chi connectivity index (χ3n) is 3.21. The fraction of sp³-hybridized carbons (Fsp3) is 0. The van der Waals surface area contributed by atoms with Crippen LogP contribution in [0.1, 0.15) is 0 Å². The van der Waals surface area contributed by atoms with Gasteiger partial charge < -0.3 is 5.32 Å². The Labute approximate surface area is 147 Å². The highest BCUT2D eigenvalue weighted by Gasteiger charge is 2.38. The number of carbonyl (C=O) groups excluding carboxylic acids is 2. The van der Waals surface area contributed by atoms with Gasteiger partial charge in [0.25, 0.3) is 11.8 Å². The zero-order valence-electron chi connectivity index (χ0n) is 11.5. The number of hydrogen-bond acceptors (Lipinski definition) is 3. The van der Waals surface area contributed by atoms with Crippen molar-refractivity contribution in [1.82, 2.24) is 0 Å². The van der Waals surface area contributed by atoms with Gasteiger partial charge in [-0.05, 0) is 42.5 Å². The Morgan fingerprint density at radius 1 is 0.826 bits per heavy atom. The number of rotatable bonds is 3. The number of imide groups is 1. The van der Waals surface area contributed by atoms with Crippen molar-refractivity contribution in [3.8, 4) is 0 Å². The van der Waals surface area contributed by atoms with Crippen LogP contribution in [-0.4, -0.2) is 11.8 Å². The normalized spacial score (nSPS) is 14.7. The number of anilines is 2. The molecule has 1 heterocycles. The third kappa shape index (κ3) is 3.06. The Morgan fingerprint density at radius 3 is 2.17 bits per heavy atom. The second-order valence-electron chi connectivity index (χ2n) is 4.75. The number of halogens is 3. The van der Waals surface area contributed by atoms with E-state index < -0.39 is 11.8 Å². The van der Waals surface area contributed by atoms with Crippen LogP contribution in [0.2, 0.25) is 10.0 Å². The third-order valence-corrected chi connectivity index (χ3v) is 4.04. The maximum atomic E-state index is 12.5. The van der Waals surface area contributed by atoms with Gasteiger partial charge in [0.2, 0.25) is 0 Å². The smallest absolute Gasteiger partial charge is 0.283 e. The molecule has 0 aliphatic carbocycles. The summed E-state index contributed by atoms with van der Waals surface area (Å²) in [4.78, 5) is 25.8. The summed E-state index contributed by atoms with van der Waals surface area (Å²) in [5.74, 6) is -1.15. The first-order chi connectivity index (χ1) is 11.0. The molecule has 3 rings (SSSR count). The monoisotopic (exact) mass is 366 g/mol. The molecule has 0 bridgehead atoms. The molecule has 2 amide bonds. The largest absolute Gasteiger partial charge is 0.350 e. The SMILES string of the molecule is O=C1C(Cl)=C(Nc2ccc(Cl)cc2)C(=O)N1c1cccc(Cl)c1. The number of nitrogens with one attached hydrogen (secondary N) is 1. The quantitative estimate of drug-likeness (QED) is 0.817. The van der Waals surface area contributed by atoms with Gasteiger partial charge in [-0.2, -0.15) is 0 Å². The van der Waals surface area contributed by atoms with Crippen LogP contribution in [0.5, 0.6) is 0 Å². The van der Waals surface area contributed by atoms with Crippen molar-refractivity contribution in [3.63, 3.8) is 0 Å². The molecule has 0 radical (unpaired) electrons. The summed E-state index contributed by atoms with van der Waals surface area (Å²) in [5.41, 5.74) is 0.967. The van der Waals surface area contributed by atoms with Gasteiger partial charge >= 0.3 is 0 Å². The number of nitrogens with zero attached hydrogens (tertiary/aromatic N) is 1. The van der Waals surface area contributed by atoms with Crippen LogP contribution in [0.25, 0.3) is 0 Å². The molecule has 1 aliphatic rings. The molecule has 2 aromatic carbocycles. The van der Waals surface area contributed by atoms with Gasteiger partial charge in [-0.25, -0.2) is 4.90 Å². The van der Waals surface area contributed by atoms with Gasteiger partial charge in [-0.1, -0.05) is 40.9 Å². The Morgan fingerprint density at radius 2 is 1.52 bits per heavy atom. The molecule has 1 N–H and O–H groups in total. The maximum Gasteiger partial charge on any atom is 0.283 e. The standard InChI is InChI=1S/C16H9Cl3N2O2/c17-9-4-6-11(7-5-9)20-14-13(19)15(22)21(16(14)23)12-3-1-2-10(18)8-12/h1-8,20H. The van der Waals surface area contributed by atoms with E-state index in [0.29, 0.717) is 21.4 Å². The van der Waals surface area contributed by atoms with E-state index in [1.165, 1.54) is 6.07 Å². The van der Waals surface area contributed by atoms with E-state index in [9.17, 15) is 9.59 Å². The predicted molar refractivity (Wildman–Crippen MR) is 91.9 cm³/mol. The molecule has 23 heavy (non-hydrogen) atoms. The van der Waals surface area contributed by atoms with E-state index in [0.717, 1.165) is 4.90 Å². The van der Waals surface area contributed by atoms with Crippen LogP contribution in [-0.2, 0) is 9.59 Å². The summed E-state index contributed by atoms with van der Waals surface area (Å²) in [7, 11) is 0. The van der Waals surface area contributed by atoms with Crippen LogP contribution < -0.4 is 10.2 Å². The second-order valence-corrected chi connectivity index (χ2v) is 6.00. The molecule has 1 aliphatic heterocycles. The average molecular weight is 368 g/mol. The fourth-order valence-corrected chi connectivity index (χ4v) is 2.66. The molecular weight excluding hydrogens is 359 g/mol. The van der Waals surface area contributed by atoms with E-state index in [4.69, 9.17) is 34.8 Å². The van der Waals surface area contributed by atoms with Gasteiger partial charge in [-0.15, -0.1) is 0 Å². The van der Waals surface area contributed by atoms with E-state index in [1.807, 2.05) is 0 Å². The number of hydrogen-bond donors (Lipinski definition) is 1. The van der Waals surface area contributed by atoms with Gasteiger partial charge in [0.1, 0.15) is 10.7 Å². The van der Waals surface area contributed by atoms with Crippen LogP contribution in [0.15, 0.2) is 59.3 Å². The summed E-state index contributed by atoms with van der Waals surface area (Å²) < 4.78 is 0. The van der Waals surface area contributed by atoms with E-state index in [1.54, 1.807) is 42.5 Å². The Kier molecular flexibility index (Phi) is 4.31. The van der Waals surface area contributed by atoms with Crippen LogP contribution in [0.4, 0.5) is 11.4 Å². The topological polar surface area (TPSA) is 49.4 Å². The van der Waals surface area contributed by atoms with Gasteiger partial charge in [0.15, 0.2) is 0 Å². The molecule has 0 saturated carbocycles. The van der Waals surface area contributed by atoms with Crippen LogP contribution in [0.3, 0.4) is 0 Å². The first kappa shape index (κ1) is 15.9.